The van der Waals surface area contributed by atoms with Crippen LogP contribution in [-0.4, -0.2) is 39.0 Å². The Morgan fingerprint density at radius 2 is 1.95 bits per heavy atom. The molecule has 8 nitrogen and oxygen atoms in total. The monoisotopic (exact) mass is 274 g/mol. The molecule has 2 aromatic heterocycles. The van der Waals surface area contributed by atoms with Crippen molar-refractivity contribution in [2.75, 3.05) is 12.4 Å². The van der Waals surface area contributed by atoms with E-state index in [0.29, 0.717) is 5.88 Å². The first-order chi connectivity index (χ1) is 9.61. The Kier molecular flexibility index (Phi) is 3.85. The zero-order chi connectivity index (χ0) is 14.5. The lowest BCUT2D eigenvalue weighted by Gasteiger charge is -2.06. The number of carboxylic acids is 1. The molecule has 2 aromatic rings. The van der Waals surface area contributed by atoms with Crippen molar-refractivity contribution in [3.8, 4) is 5.88 Å². The maximum Gasteiger partial charge on any atom is 0.358 e. The molecule has 20 heavy (non-hydrogen) atoms. The minimum atomic E-state index is -1.28. The summed E-state index contributed by atoms with van der Waals surface area (Å²) in [6.07, 6.45) is 3.83. The van der Waals surface area contributed by atoms with Crippen LogP contribution in [-0.2, 0) is 0 Å². The number of carbonyl (C=O) groups is 2. The van der Waals surface area contributed by atoms with Crippen molar-refractivity contribution in [3.05, 3.63) is 42.0 Å². The van der Waals surface area contributed by atoms with E-state index in [4.69, 9.17) is 9.84 Å². The zero-order valence-corrected chi connectivity index (χ0v) is 10.4. The van der Waals surface area contributed by atoms with E-state index in [1.165, 1.54) is 37.8 Å². The first kappa shape index (κ1) is 13.4. The molecule has 0 spiro atoms. The minimum Gasteiger partial charge on any atom is -0.481 e. The van der Waals surface area contributed by atoms with Crippen LogP contribution in [0, 0.1) is 0 Å². The average Bonchev–Trinajstić information content (AvgIpc) is 2.47. The fourth-order valence-electron chi connectivity index (χ4n) is 1.40. The van der Waals surface area contributed by atoms with E-state index >= 15 is 0 Å². The number of hydrogen-bond acceptors (Lipinski definition) is 6. The lowest BCUT2D eigenvalue weighted by atomic mass is 10.2. The maximum absolute atomic E-state index is 11.9. The Labute approximate surface area is 113 Å². The van der Waals surface area contributed by atoms with E-state index in [9.17, 15) is 9.59 Å². The molecule has 1 amide bonds. The van der Waals surface area contributed by atoms with Crippen molar-refractivity contribution in [2.24, 2.45) is 0 Å². The number of hydrogen-bond donors (Lipinski definition) is 2. The van der Waals surface area contributed by atoms with Crippen LogP contribution in [0.1, 0.15) is 20.8 Å². The standard InChI is InChI=1S/C12H10N4O4/c1-20-8-3-2-7(6-15-8)11(17)16-10-9(12(18)19)13-4-5-14-10/h2-6H,1H3,(H,18,19)(H,14,16,17). The summed E-state index contributed by atoms with van der Waals surface area (Å²) in [6.45, 7) is 0. The summed E-state index contributed by atoms with van der Waals surface area (Å²) in [5.41, 5.74) is -0.0879. The van der Waals surface area contributed by atoms with Gasteiger partial charge >= 0.3 is 5.97 Å². The predicted molar refractivity (Wildman–Crippen MR) is 67.7 cm³/mol. The van der Waals surface area contributed by atoms with Crippen molar-refractivity contribution in [1.29, 1.82) is 0 Å². The second-order valence-corrected chi connectivity index (χ2v) is 3.60. The van der Waals surface area contributed by atoms with Crippen LogP contribution in [0.3, 0.4) is 0 Å². The smallest absolute Gasteiger partial charge is 0.358 e. The molecule has 0 radical (unpaired) electrons. The van der Waals surface area contributed by atoms with Gasteiger partial charge < -0.3 is 15.2 Å². The number of anilines is 1. The number of aromatic nitrogens is 3. The molecular weight excluding hydrogens is 264 g/mol. The Balaban J connectivity index is 2.21. The van der Waals surface area contributed by atoms with Crippen LogP contribution < -0.4 is 10.1 Å². The molecule has 0 unspecified atom stereocenters. The van der Waals surface area contributed by atoms with Gasteiger partial charge in [-0.05, 0) is 6.07 Å². The maximum atomic E-state index is 11.9. The van der Waals surface area contributed by atoms with Gasteiger partial charge in [0.25, 0.3) is 5.91 Å². The Hall–Kier alpha value is -3.03. The molecule has 0 atom stereocenters. The molecule has 2 heterocycles. The third-order valence-electron chi connectivity index (χ3n) is 2.34. The highest BCUT2D eigenvalue weighted by molar-refractivity contribution is 6.06. The SMILES string of the molecule is COc1ccc(C(=O)Nc2nccnc2C(=O)O)cn1. The van der Waals surface area contributed by atoms with Gasteiger partial charge in [-0.2, -0.15) is 0 Å². The summed E-state index contributed by atoms with van der Waals surface area (Å²) in [5.74, 6) is -1.57. The van der Waals surface area contributed by atoms with Crippen molar-refractivity contribution in [2.45, 2.75) is 0 Å². The van der Waals surface area contributed by atoms with Crippen LogP contribution in [0.25, 0.3) is 0 Å². The molecule has 0 aromatic carbocycles. The highest BCUT2D eigenvalue weighted by atomic mass is 16.5. The number of ether oxygens (including phenoxy) is 1. The topological polar surface area (TPSA) is 114 Å². The number of amides is 1. The number of nitrogens with one attached hydrogen (secondary N) is 1. The van der Waals surface area contributed by atoms with Crippen molar-refractivity contribution in [1.82, 2.24) is 15.0 Å². The minimum absolute atomic E-state index is 0.124. The van der Waals surface area contributed by atoms with E-state index in [0.717, 1.165) is 0 Å². The van der Waals surface area contributed by atoms with Crippen LogP contribution in [0.5, 0.6) is 5.88 Å². The number of methoxy groups -OCH3 is 1. The number of nitrogens with zero attached hydrogens (tertiary/aromatic N) is 3. The highest BCUT2D eigenvalue weighted by Crippen LogP contribution is 2.12. The first-order valence-electron chi connectivity index (χ1n) is 5.47. The molecule has 0 aliphatic rings. The number of aromatic carboxylic acids is 1. The summed E-state index contributed by atoms with van der Waals surface area (Å²) in [6, 6.07) is 3.02. The molecule has 0 aliphatic carbocycles. The quantitative estimate of drug-likeness (QED) is 0.848. The second kappa shape index (κ2) is 5.74. The van der Waals surface area contributed by atoms with Gasteiger partial charge in [-0.3, -0.25) is 4.79 Å². The number of carbonyl (C=O) groups excluding carboxylic acids is 1. The Bertz CT molecular complexity index is 642. The van der Waals surface area contributed by atoms with Crippen molar-refractivity contribution < 1.29 is 19.4 Å². The van der Waals surface area contributed by atoms with Gasteiger partial charge in [-0.25, -0.2) is 19.7 Å². The third-order valence-corrected chi connectivity index (χ3v) is 2.34. The van der Waals surface area contributed by atoms with E-state index in [-0.39, 0.29) is 17.1 Å². The average molecular weight is 274 g/mol. The molecule has 0 bridgehead atoms. The lowest BCUT2D eigenvalue weighted by Crippen LogP contribution is -2.17. The Morgan fingerprint density at radius 1 is 1.20 bits per heavy atom. The fraction of sp³-hybridized carbons (Fsp3) is 0.0833. The summed E-state index contributed by atoms with van der Waals surface area (Å²) < 4.78 is 4.87. The van der Waals surface area contributed by atoms with Crippen LogP contribution >= 0.6 is 0 Å². The van der Waals surface area contributed by atoms with Gasteiger partial charge in [0.2, 0.25) is 5.88 Å². The normalized spacial score (nSPS) is 9.85. The molecule has 2 rings (SSSR count). The van der Waals surface area contributed by atoms with Gasteiger partial charge in [0.05, 0.1) is 12.7 Å². The molecule has 0 aliphatic heterocycles. The van der Waals surface area contributed by atoms with Gasteiger partial charge in [-0.15, -0.1) is 0 Å². The zero-order valence-electron chi connectivity index (χ0n) is 10.4. The molecule has 8 heteroatoms. The first-order valence-corrected chi connectivity index (χ1v) is 5.47. The van der Waals surface area contributed by atoms with Crippen molar-refractivity contribution in [3.63, 3.8) is 0 Å². The van der Waals surface area contributed by atoms with E-state index in [2.05, 4.69) is 20.3 Å². The highest BCUT2D eigenvalue weighted by Gasteiger charge is 2.16. The number of rotatable bonds is 4. The molecule has 2 N–H and O–H groups in total. The number of carboxylic acid groups (broad SMARTS) is 1. The Morgan fingerprint density at radius 3 is 2.55 bits per heavy atom. The van der Waals surface area contributed by atoms with Crippen molar-refractivity contribution >= 4 is 17.7 Å². The van der Waals surface area contributed by atoms with Gasteiger partial charge in [0.1, 0.15) is 0 Å². The van der Waals surface area contributed by atoms with E-state index in [1.807, 2.05) is 0 Å². The van der Waals surface area contributed by atoms with E-state index in [1.54, 1.807) is 0 Å². The van der Waals surface area contributed by atoms with E-state index < -0.39 is 11.9 Å². The molecule has 0 saturated heterocycles. The van der Waals surface area contributed by atoms with Crippen LogP contribution in [0.15, 0.2) is 30.7 Å². The van der Waals surface area contributed by atoms with Crippen LogP contribution in [0.2, 0.25) is 0 Å². The predicted octanol–water partition coefficient (Wildman–Crippen LogP) is 0.831. The van der Waals surface area contributed by atoms with Crippen LogP contribution in [0.4, 0.5) is 5.82 Å². The summed E-state index contributed by atoms with van der Waals surface area (Å²) in [7, 11) is 1.46. The fourth-order valence-corrected chi connectivity index (χ4v) is 1.40. The molecule has 102 valence electrons. The molecule has 0 fully saturated rings. The largest absolute Gasteiger partial charge is 0.481 e. The lowest BCUT2D eigenvalue weighted by molar-refractivity contribution is 0.0691. The summed E-state index contributed by atoms with van der Waals surface area (Å²) >= 11 is 0. The van der Waals surface area contributed by atoms with Gasteiger partial charge in [0, 0.05) is 24.7 Å². The second-order valence-electron chi connectivity index (χ2n) is 3.60. The molecule has 0 saturated carbocycles. The van der Waals surface area contributed by atoms with Gasteiger partial charge in [-0.1, -0.05) is 0 Å². The summed E-state index contributed by atoms with van der Waals surface area (Å²) in [5, 5.41) is 11.3. The van der Waals surface area contributed by atoms with Gasteiger partial charge in [0.15, 0.2) is 11.5 Å². The summed E-state index contributed by atoms with van der Waals surface area (Å²) in [4.78, 5) is 34.2. The number of pyridine rings is 1. The third kappa shape index (κ3) is 2.86. The molecular formula is C12H10N4O4.